The van der Waals surface area contributed by atoms with Crippen LogP contribution in [-0.4, -0.2) is 35.9 Å². The van der Waals surface area contributed by atoms with Crippen molar-refractivity contribution in [2.45, 2.75) is 38.9 Å². The third kappa shape index (κ3) is 6.83. The van der Waals surface area contributed by atoms with Gasteiger partial charge in [0.25, 0.3) is 0 Å². The number of anilines is 1. The summed E-state index contributed by atoms with van der Waals surface area (Å²) in [4.78, 5) is 29.4. The number of benzene rings is 1. The van der Waals surface area contributed by atoms with Crippen molar-refractivity contribution in [1.82, 2.24) is 20.9 Å². The van der Waals surface area contributed by atoms with Gasteiger partial charge >= 0.3 is 0 Å². The Morgan fingerprint density at radius 3 is 2.28 bits per heavy atom. The van der Waals surface area contributed by atoms with E-state index in [0.29, 0.717) is 5.82 Å². The van der Waals surface area contributed by atoms with Crippen LogP contribution in [0.2, 0.25) is 0 Å². The molecule has 2 atom stereocenters. The quantitative estimate of drug-likeness (QED) is 0.508. The summed E-state index contributed by atoms with van der Waals surface area (Å²) in [6.45, 7) is 4.09. The summed E-state index contributed by atoms with van der Waals surface area (Å²) in [7, 11) is 1.70. The van der Waals surface area contributed by atoms with Crippen LogP contribution in [-0.2, 0) is 22.6 Å². The molecule has 7 nitrogen and oxygen atoms in total. The van der Waals surface area contributed by atoms with Crippen molar-refractivity contribution in [3.05, 3.63) is 59.5 Å². The lowest BCUT2D eigenvalue weighted by Crippen LogP contribution is -2.54. The van der Waals surface area contributed by atoms with Crippen LogP contribution in [0.5, 0.6) is 0 Å². The average Bonchev–Trinajstić information content (AvgIpc) is 2.68. The fourth-order valence-electron chi connectivity index (χ4n) is 2.95. The van der Waals surface area contributed by atoms with Gasteiger partial charge in [-0.15, -0.1) is 0 Å². The van der Waals surface area contributed by atoms with Crippen molar-refractivity contribution < 1.29 is 14.0 Å². The molecule has 1 unspecified atom stereocenters. The van der Waals surface area contributed by atoms with Gasteiger partial charge in [0.2, 0.25) is 11.8 Å². The predicted molar refractivity (Wildman–Crippen MR) is 110 cm³/mol. The monoisotopic (exact) mass is 401 g/mol. The summed E-state index contributed by atoms with van der Waals surface area (Å²) >= 11 is 0. The summed E-state index contributed by atoms with van der Waals surface area (Å²) in [5.41, 5.74) is 7.10. The first kappa shape index (κ1) is 22.3. The fraction of sp³-hybridized carbons (Fsp3) is 0.381. The summed E-state index contributed by atoms with van der Waals surface area (Å²) < 4.78 is 13.2. The molecule has 0 aliphatic rings. The second-order valence-corrected chi connectivity index (χ2v) is 7.21. The van der Waals surface area contributed by atoms with Gasteiger partial charge in [-0.25, -0.2) is 9.37 Å². The maximum atomic E-state index is 13.2. The average molecular weight is 401 g/mol. The predicted octanol–water partition coefficient (Wildman–Crippen LogP) is 1.39. The normalized spacial score (nSPS) is 13.0. The lowest BCUT2D eigenvalue weighted by Gasteiger charge is -2.24. The SMILES string of the molecule is CNC(C(=O)N[C@@H](Cc1ccc(F)cc1)C(=O)NCc1ccc(N)nc1)C(C)C. The standard InChI is InChI=1S/C21H28FN5O2/c1-13(2)19(24-3)21(29)27-17(10-14-4-7-16(22)8-5-14)20(28)26-12-15-6-9-18(23)25-11-15/h4-9,11,13,17,19,24H,10,12H2,1-3H3,(H2,23,25)(H,26,28)(H,27,29)/t17-,19?/m0/s1. The van der Waals surface area contributed by atoms with Crippen LogP contribution < -0.4 is 21.7 Å². The maximum Gasteiger partial charge on any atom is 0.243 e. The van der Waals surface area contributed by atoms with Crippen molar-refractivity contribution in [3.8, 4) is 0 Å². The van der Waals surface area contributed by atoms with Gasteiger partial charge in [0.1, 0.15) is 17.7 Å². The molecule has 0 spiro atoms. The highest BCUT2D eigenvalue weighted by molar-refractivity contribution is 5.90. The minimum absolute atomic E-state index is 0.0513. The molecular formula is C21H28FN5O2. The molecule has 1 aromatic heterocycles. The number of hydrogen-bond donors (Lipinski definition) is 4. The zero-order chi connectivity index (χ0) is 21.4. The van der Waals surface area contributed by atoms with E-state index in [2.05, 4.69) is 20.9 Å². The summed E-state index contributed by atoms with van der Waals surface area (Å²) in [5.74, 6) is -0.509. The smallest absolute Gasteiger partial charge is 0.243 e. The Kier molecular flexibility index (Phi) is 8.09. The molecule has 1 heterocycles. The van der Waals surface area contributed by atoms with Gasteiger partial charge in [-0.05, 0) is 42.3 Å². The Labute approximate surface area is 170 Å². The van der Waals surface area contributed by atoms with E-state index < -0.39 is 12.1 Å². The Bertz CT molecular complexity index is 809. The van der Waals surface area contributed by atoms with Crippen LogP contribution in [0.4, 0.5) is 10.2 Å². The van der Waals surface area contributed by atoms with E-state index in [1.165, 1.54) is 12.1 Å². The van der Waals surface area contributed by atoms with Gasteiger partial charge in [-0.3, -0.25) is 9.59 Å². The lowest BCUT2D eigenvalue weighted by molar-refractivity contribution is -0.130. The molecule has 0 saturated heterocycles. The highest BCUT2D eigenvalue weighted by atomic mass is 19.1. The zero-order valence-electron chi connectivity index (χ0n) is 16.9. The minimum atomic E-state index is -0.802. The number of amides is 2. The molecule has 1 aromatic carbocycles. The van der Waals surface area contributed by atoms with E-state index in [-0.39, 0.29) is 36.5 Å². The van der Waals surface area contributed by atoms with E-state index in [4.69, 9.17) is 5.73 Å². The first-order valence-corrected chi connectivity index (χ1v) is 9.50. The van der Waals surface area contributed by atoms with Gasteiger partial charge in [-0.1, -0.05) is 32.0 Å². The molecular weight excluding hydrogens is 373 g/mol. The van der Waals surface area contributed by atoms with Crippen LogP contribution in [0.15, 0.2) is 42.6 Å². The Hall–Kier alpha value is -3.00. The molecule has 0 aliphatic carbocycles. The lowest BCUT2D eigenvalue weighted by atomic mass is 10.0. The van der Waals surface area contributed by atoms with Crippen LogP contribution in [0.3, 0.4) is 0 Å². The topological polar surface area (TPSA) is 109 Å². The number of halogens is 1. The molecule has 0 bridgehead atoms. The van der Waals surface area contributed by atoms with Crippen molar-refractivity contribution in [3.63, 3.8) is 0 Å². The van der Waals surface area contributed by atoms with Crippen molar-refractivity contribution in [2.24, 2.45) is 5.92 Å². The molecule has 2 amide bonds. The number of hydrogen-bond acceptors (Lipinski definition) is 5. The first-order valence-electron chi connectivity index (χ1n) is 9.50. The van der Waals surface area contributed by atoms with Crippen molar-refractivity contribution in [2.75, 3.05) is 12.8 Å². The third-order valence-corrected chi connectivity index (χ3v) is 4.56. The van der Waals surface area contributed by atoms with Crippen LogP contribution >= 0.6 is 0 Å². The molecule has 0 radical (unpaired) electrons. The Morgan fingerprint density at radius 2 is 1.72 bits per heavy atom. The number of carbonyl (C=O) groups excluding carboxylic acids is 2. The minimum Gasteiger partial charge on any atom is -0.384 e. The highest BCUT2D eigenvalue weighted by Crippen LogP contribution is 2.09. The van der Waals surface area contributed by atoms with E-state index in [1.807, 2.05) is 13.8 Å². The second kappa shape index (κ2) is 10.5. The molecule has 0 saturated carbocycles. The molecule has 0 fully saturated rings. The van der Waals surface area contributed by atoms with E-state index in [1.54, 1.807) is 37.5 Å². The van der Waals surface area contributed by atoms with Gasteiger partial charge in [0.05, 0.1) is 6.04 Å². The van der Waals surface area contributed by atoms with E-state index in [0.717, 1.165) is 11.1 Å². The fourth-order valence-corrected chi connectivity index (χ4v) is 2.95. The molecule has 8 heteroatoms. The number of nitrogens with one attached hydrogen (secondary N) is 3. The number of nitrogens with two attached hydrogens (primary N) is 1. The number of carbonyl (C=O) groups is 2. The summed E-state index contributed by atoms with van der Waals surface area (Å²) in [6.07, 6.45) is 1.82. The number of nitrogens with zero attached hydrogens (tertiary/aromatic N) is 1. The van der Waals surface area contributed by atoms with Crippen molar-refractivity contribution >= 4 is 17.6 Å². The maximum absolute atomic E-state index is 13.2. The van der Waals surface area contributed by atoms with Crippen molar-refractivity contribution in [1.29, 1.82) is 0 Å². The first-order chi connectivity index (χ1) is 13.8. The zero-order valence-corrected chi connectivity index (χ0v) is 16.9. The second-order valence-electron chi connectivity index (χ2n) is 7.21. The summed E-state index contributed by atoms with van der Waals surface area (Å²) in [6, 6.07) is 8.05. The van der Waals surface area contributed by atoms with Gasteiger partial charge < -0.3 is 21.7 Å². The van der Waals surface area contributed by atoms with Gasteiger partial charge in [0, 0.05) is 19.2 Å². The number of rotatable bonds is 9. The van der Waals surface area contributed by atoms with Crippen LogP contribution in [0, 0.1) is 11.7 Å². The molecule has 0 aliphatic heterocycles. The van der Waals surface area contributed by atoms with E-state index >= 15 is 0 Å². The Morgan fingerprint density at radius 1 is 1.07 bits per heavy atom. The number of nitrogen functional groups attached to an aromatic ring is 1. The molecule has 5 N–H and O–H groups in total. The molecule has 2 rings (SSSR count). The molecule has 156 valence electrons. The molecule has 29 heavy (non-hydrogen) atoms. The van der Waals surface area contributed by atoms with Gasteiger partial charge in [-0.2, -0.15) is 0 Å². The number of likely N-dealkylation sites (N-methyl/N-ethyl adjacent to an activating group) is 1. The van der Waals surface area contributed by atoms with Crippen LogP contribution in [0.25, 0.3) is 0 Å². The van der Waals surface area contributed by atoms with Gasteiger partial charge in [0.15, 0.2) is 0 Å². The number of aromatic nitrogens is 1. The summed E-state index contributed by atoms with van der Waals surface area (Å²) in [5, 5.41) is 8.59. The number of pyridine rings is 1. The largest absolute Gasteiger partial charge is 0.384 e. The Balaban J connectivity index is 2.11. The highest BCUT2D eigenvalue weighted by Gasteiger charge is 2.26. The van der Waals surface area contributed by atoms with Crippen LogP contribution in [0.1, 0.15) is 25.0 Å². The molecule has 2 aromatic rings. The third-order valence-electron chi connectivity index (χ3n) is 4.56. The van der Waals surface area contributed by atoms with E-state index in [9.17, 15) is 14.0 Å².